The highest BCUT2D eigenvalue weighted by atomic mass is 35.5. The second-order valence-electron chi connectivity index (χ2n) is 7.41. The number of rotatable bonds is 4. The first-order valence-electron chi connectivity index (χ1n) is 9.56. The Morgan fingerprint density at radius 3 is 2.48 bits per heavy atom. The topological polar surface area (TPSA) is 44.0 Å². The van der Waals surface area contributed by atoms with Gasteiger partial charge in [0.25, 0.3) is 0 Å². The van der Waals surface area contributed by atoms with Gasteiger partial charge in [0, 0.05) is 17.1 Å². The van der Waals surface area contributed by atoms with Gasteiger partial charge in [-0.1, -0.05) is 53.6 Å². The summed E-state index contributed by atoms with van der Waals surface area (Å²) in [7, 11) is 1.74. The van der Waals surface area contributed by atoms with Gasteiger partial charge in [0.1, 0.15) is 5.75 Å². The van der Waals surface area contributed by atoms with E-state index in [1.54, 1.807) is 7.11 Å². The third-order valence-corrected chi connectivity index (χ3v) is 6.14. The molecule has 2 N–H and O–H groups in total. The predicted octanol–water partition coefficient (Wildman–Crippen LogP) is 4.73. The van der Waals surface area contributed by atoms with E-state index in [2.05, 4.69) is 41.3 Å². The zero-order valence-electron chi connectivity index (χ0n) is 15.9. The van der Waals surface area contributed by atoms with E-state index in [0.29, 0.717) is 5.92 Å². The van der Waals surface area contributed by atoms with Crippen LogP contribution < -0.4 is 4.74 Å². The van der Waals surface area contributed by atoms with Crippen LogP contribution in [0, 0.1) is 0 Å². The number of piperidine rings is 1. The van der Waals surface area contributed by atoms with Crippen LogP contribution in [-0.4, -0.2) is 37.1 Å². The molecule has 2 aromatic rings. The summed E-state index contributed by atoms with van der Waals surface area (Å²) in [5, 5.41) is 0.834. The van der Waals surface area contributed by atoms with Gasteiger partial charge >= 0.3 is 0 Å². The molecule has 4 rings (SSSR count). The van der Waals surface area contributed by atoms with Crippen molar-refractivity contribution in [2.24, 2.45) is 0 Å². The minimum Gasteiger partial charge on any atom is -0.496 e. The van der Waals surface area contributed by atoms with Crippen LogP contribution >= 0.6 is 11.6 Å². The molecule has 1 fully saturated rings. The minimum atomic E-state index is 0. The summed E-state index contributed by atoms with van der Waals surface area (Å²) in [6, 6.07) is 14.9. The normalized spacial score (nSPS) is 17.6. The molecule has 0 aromatic heterocycles. The third kappa shape index (κ3) is 4.37. The second-order valence-corrected chi connectivity index (χ2v) is 7.81. The SMILES string of the molecule is COc1ccc(Cl)c2c1CCC(CN1CCC(c3ccccc3)CC1)=C2.O. The Kier molecular flexibility index (Phi) is 6.59. The van der Waals surface area contributed by atoms with Crippen LogP contribution in [0.2, 0.25) is 5.02 Å². The van der Waals surface area contributed by atoms with E-state index in [0.717, 1.165) is 35.7 Å². The predicted molar refractivity (Wildman–Crippen MR) is 113 cm³/mol. The van der Waals surface area contributed by atoms with Gasteiger partial charge in [0.05, 0.1) is 7.11 Å². The van der Waals surface area contributed by atoms with E-state index in [1.165, 1.54) is 42.6 Å². The van der Waals surface area contributed by atoms with Gasteiger partial charge in [0.2, 0.25) is 0 Å². The fourth-order valence-electron chi connectivity index (χ4n) is 4.34. The number of halogens is 1. The molecule has 3 nitrogen and oxygen atoms in total. The van der Waals surface area contributed by atoms with Crippen LogP contribution in [-0.2, 0) is 6.42 Å². The Hall–Kier alpha value is -1.81. The van der Waals surface area contributed by atoms with Crippen molar-refractivity contribution < 1.29 is 10.2 Å². The van der Waals surface area contributed by atoms with E-state index in [1.807, 2.05) is 12.1 Å². The maximum Gasteiger partial charge on any atom is 0.122 e. The van der Waals surface area contributed by atoms with E-state index < -0.39 is 0 Å². The number of ether oxygens (including phenoxy) is 1. The highest BCUT2D eigenvalue weighted by Crippen LogP contribution is 2.36. The van der Waals surface area contributed by atoms with Crippen LogP contribution in [0.15, 0.2) is 48.0 Å². The Bertz CT molecular complexity index is 796. The smallest absolute Gasteiger partial charge is 0.122 e. The molecule has 1 heterocycles. The van der Waals surface area contributed by atoms with Crippen LogP contribution in [0.1, 0.15) is 41.9 Å². The number of hydrogen-bond donors (Lipinski definition) is 0. The van der Waals surface area contributed by atoms with Gasteiger partial charge < -0.3 is 10.2 Å². The van der Waals surface area contributed by atoms with Crippen molar-refractivity contribution in [1.29, 1.82) is 0 Å². The fourth-order valence-corrected chi connectivity index (χ4v) is 4.58. The molecule has 0 radical (unpaired) electrons. The van der Waals surface area contributed by atoms with E-state index >= 15 is 0 Å². The summed E-state index contributed by atoms with van der Waals surface area (Å²) in [6.07, 6.45) is 6.92. The molecule has 144 valence electrons. The van der Waals surface area contributed by atoms with E-state index in [-0.39, 0.29) is 5.48 Å². The van der Waals surface area contributed by atoms with Gasteiger partial charge in [-0.25, -0.2) is 0 Å². The molecule has 0 amide bonds. The molecule has 0 unspecified atom stereocenters. The summed E-state index contributed by atoms with van der Waals surface area (Å²) in [4.78, 5) is 2.60. The zero-order valence-corrected chi connectivity index (χ0v) is 16.6. The highest BCUT2D eigenvalue weighted by molar-refractivity contribution is 6.32. The van der Waals surface area contributed by atoms with E-state index in [4.69, 9.17) is 16.3 Å². The standard InChI is InChI=1S/C23H26ClNO.H2O/c1-26-23-10-9-22(24)21-15-17(7-8-20(21)23)16-25-13-11-19(12-14-25)18-5-3-2-4-6-18;/h2-6,9-10,15,19H,7-8,11-14,16H2,1H3;1H2. The molecule has 1 saturated heterocycles. The van der Waals surface area contributed by atoms with Gasteiger partial charge in [-0.15, -0.1) is 0 Å². The summed E-state index contributed by atoms with van der Waals surface area (Å²) < 4.78 is 5.51. The van der Waals surface area contributed by atoms with Crippen LogP contribution in [0.5, 0.6) is 5.75 Å². The maximum absolute atomic E-state index is 6.45. The summed E-state index contributed by atoms with van der Waals surface area (Å²) in [5.41, 5.74) is 5.40. The Labute approximate surface area is 166 Å². The van der Waals surface area contributed by atoms with Crippen molar-refractivity contribution in [2.75, 3.05) is 26.7 Å². The van der Waals surface area contributed by atoms with Gasteiger partial charge in [0.15, 0.2) is 0 Å². The minimum absolute atomic E-state index is 0. The third-order valence-electron chi connectivity index (χ3n) is 5.81. The molecule has 0 saturated carbocycles. The van der Waals surface area contributed by atoms with Crippen molar-refractivity contribution in [1.82, 2.24) is 4.90 Å². The number of fused-ring (bicyclic) bond motifs is 1. The van der Waals surface area contributed by atoms with Crippen molar-refractivity contribution in [3.05, 3.63) is 69.8 Å². The average molecular weight is 386 g/mol. The molecule has 1 aliphatic carbocycles. The first-order chi connectivity index (χ1) is 12.7. The molecule has 0 atom stereocenters. The van der Waals surface area contributed by atoms with Crippen molar-refractivity contribution in [2.45, 2.75) is 31.6 Å². The molecule has 0 bridgehead atoms. The largest absolute Gasteiger partial charge is 0.496 e. The van der Waals surface area contributed by atoms with Crippen molar-refractivity contribution in [3.8, 4) is 5.75 Å². The van der Waals surface area contributed by atoms with Gasteiger partial charge in [-0.05, 0) is 68.0 Å². The first-order valence-corrected chi connectivity index (χ1v) is 9.94. The maximum atomic E-state index is 6.45. The van der Waals surface area contributed by atoms with E-state index in [9.17, 15) is 0 Å². The second kappa shape index (κ2) is 8.92. The van der Waals surface area contributed by atoms with Crippen molar-refractivity contribution >= 4 is 17.7 Å². The lowest BCUT2D eigenvalue weighted by Crippen LogP contribution is -2.34. The van der Waals surface area contributed by atoms with Crippen LogP contribution in [0.3, 0.4) is 0 Å². The number of benzene rings is 2. The van der Waals surface area contributed by atoms with Gasteiger partial charge in [-0.2, -0.15) is 0 Å². The van der Waals surface area contributed by atoms with Gasteiger partial charge in [-0.3, -0.25) is 4.90 Å². The molecule has 0 spiro atoms. The molecular weight excluding hydrogens is 358 g/mol. The molecule has 2 aromatic carbocycles. The number of likely N-dealkylation sites (tertiary alicyclic amines) is 1. The van der Waals surface area contributed by atoms with Crippen LogP contribution in [0.25, 0.3) is 6.08 Å². The van der Waals surface area contributed by atoms with Crippen molar-refractivity contribution in [3.63, 3.8) is 0 Å². The summed E-state index contributed by atoms with van der Waals surface area (Å²) in [6.45, 7) is 3.42. The Morgan fingerprint density at radius 1 is 1.04 bits per heavy atom. The molecule has 2 aliphatic rings. The Balaban J connectivity index is 0.00000210. The van der Waals surface area contributed by atoms with Crippen LogP contribution in [0.4, 0.5) is 0 Å². The monoisotopic (exact) mass is 385 g/mol. The molecular formula is C23H28ClNO2. The molecule has 27 heavy (non-hydrogen) atoms. The summed E-state index contributed by atoms with van der Waals surface area (Å²) in [5.74, 6) is 1.68. The zero-order chi connectivity index (χ0) is 17.9. The fraction of sp³-hybridized carbons (Fsp3) is 0.391. The number of hydrogen-bond acceptors (Lipinski definition) is 2. The number of nitrogens with zero attached hydrogens (tertiary/aromatic N) is 1. The lowest BCUT2D eigenvalue weighted by atomic mass is 9.88. The quantitative estimate of drug-likeness (QED) is 0.763. The molecule has 4 heteroatoms. The number of methoxy groups -OCH3 is 1. The first kappa shape index (κ1) is 19.9. The summed E-state index contributed by atoms with van der Waals surface area (Å²) >= 11 is 6.45. The Morgan fingerprint density at radius 2 is 1.78 bits per heavy atom. The molecule has 1 aliphatic heterocycles. The lowest BCUT2D eigenvalue weighted by Gasteiger charge is -2.33. The lowest BCUT2D eigenvalue weighted by molar-refractivity contribution is 0.227. The highest BCUT2D eigenvalue weighted by Gasteiger charge is 2.23. The average Bonchev–Trinajstić information content (AvgIpc) is 2.70.